The molecule has 0 unspecified atom stereocenters. The van der Waals surface area contributed by atoms with E-state index in [1.807, 2.05) is 55.5 Å². The Morgan fingerprint density at radius 1 is 1.06 bits per heavy atom. The summed E-state index contributed by atoms with van der Waals surface area (Å²) < 4.78 is 0. The molecule has 1 atom stereocenters. The van der Waals surface area contributed by atoms with E-state index >= 15 is 0 Å². The number of benzene rings is 2. The fourth-order valence-corrected chi connectivity index (χ4v) is 5.37. The van der Waals surface area contributed by atoms with Crippen LogP contribution >= 0.6 is 35.0 Å². The molecule has 1 N–H and O–H groups in total. The Labute approximate surface area is 211 Å². The highest BCUT2D eigenvalue weighted by Crippen LogP contribution is 2.24. The lowest BCUT2D eigenvalue weighted by molar-refractivity contribution is -0.141. The number of rotatable bonds is 10. The summed E-state index contributed by atoms with van der Waals surface area (Å²) in [6, 6.07) is 14.8. The van der Waals surface area contributed by atoms with Crippen LogP contribution in [-0.4, -0.2) is 34.6 Å². The predicted octanol–water partition coefficient (Wildman–Crippen LogP) is 6.73. The van der Waals surface area contributed by atoms with Gasteiger partial charge in [-0.15, -0.1) is 11.8 Å². The van der Waals surface area contributed by atoms with E-state index in [1.54, 1.807) is 16.7 Å². The highest BCUT2D eigenvalue weighted by molar-refractivity contribution is 7.99. The monoisotopic (exact) mass is 506 g/mol. The van der Waals surface area contributed by atoms with E-state index < -0.39 is 6.04 Å². The van der Waals surface area contributed by atoms with Crippen molar-refractivity contribution in [3.05, 3.63) is 64.1 Å². The Morgan fingerprint density at radius 2 is 1.76 bits per heavy atom. The smallest absolute Gasteiger partial charge is 0.243 e. The van der Waals surface area contributed by atoms with Crippen molar-refractivity contribution in [1.29, 1.82) is 0 Å². The van der Waals surface area contributed by atoms with Gasteiger partial charge in [-0.25, -0.2) is 0 Å². The van der Waals surface area contributed by atoms with Crippen molar-refractivity contribution >= 4 is 46.8 Å². The summed E-state index contributed by atoms with van der Waals surface area (Å²) >= 11 is 14.0. The van der Waals surface area contributed by atoms with Crippen molar-refractivity contribution in [2.75, 3.05) is 5.75 Å². The molecule has 2 aromatic carbocycles. The van der Waals surface area contributed by atoms with Crippen LogP contribution in [0.4, 0.5) is 0 Å². The number of carbonyl (C=O) groups excluding carboxylic acids is 2. The van der Waals surface area contributed by atoms with E-state index in [0.717, 1.165) is 36.1 Å². The number of nitrogens with one attached hydrogen (secondary N) is 1. The zero-order chi connectivity index (χ0) is 23.6. The first-order chi connectivity index (χ1) is 16.0. The van der Waals surface area contributed by atoms with Gasteiger partial charge < -0.3 is 10.2 Å². The molecule has 0 radical (unpaired) electrons. The molecule has 2 amide bonds. The summed E-state index contributed by atoms with van der Waals surface area (Å²) in [5, 5.41) is 4.51. The van der Waals surface area contributed by atoms with Crippen molar-refractivity contribution in [3.63, 3.8) is 0 Å². The fourth-order valence-electron chi connectivity index (χ4n) is 4.20. The molecule has 0 aliphatic heterocycles. The normalized spacial score (nSPS) is 15.1. The van der Waals surface area contributed by atoms with Crippen LogP contribution in [-0.2, 0) is 16.1 Å². The Kier molecular flexibility index (Phi) is 10.4. The molecule has 2 aromatic rings. The first kappa shape index (κ1) is 25.9. The quantitative estimate of drug-likeness (QED) is 0.363. The minimum atomic E-state index is -0.517. The van der Waals surface area contributed by atoms with Crippen LogP contribution in [0, 0.1) is 0 Å². The van der Waals surface area contributed by atoms with Gasteiger partial charge in [0.05, 0.1) is 0 Å². The molecule has 178 valence electrons. The fraction of sp³-hybridized carbons (Fsp3) is 0.462. The van der Waals surface area contributed by atoms with Gasteiger partial charge in [0.15, 0.2) is 0 Å². The highest BCUT2D eigenvalue weighted by Gasteiger charge is 2.30. The van der Waals surface area contributed by atoms with Crippen molar-refractivity contribution in [2.24, 2.45) is 0 Å². The molecule has 0 bridgehead atoms. The van der Waals surface area contributed by atoms with Gasteiger partial charge in [-0.05, 0) is 55.2 Å². The molecule has 1 aliphatic rings. The number of nitrogens with zero attached hydrogens (tertiary/aromatic N) is 1. The lowest BCUT2D eigenvalue weighted by Gasteiger charge is -2.33. The number of thioether (sulfide) groups is 1. The van der Waals surface area contributed by atoms with Crippen LogP contribution in [0.25, 0.3) is 0 Å². The third-order valence-electron chi connectivity index (χ3n) is 6.03. The number of halogens is 2. The van der Waals surface area contributed by atoms with Crippen molar-refractivity contribution in [1.82, 2.24) is 10.2 Å². The third kappa shape index (κ3) is 7.94. The molecule has 1 aliphatic carbocycles. The van der Waals surface area contributed by atoms with Crippen molar-refractivity contribution in [3.8, 4) is 0 Å². The second-order valence-corrected chi connectivity index (χ2v) is 10.4. The van der Waals surface area contributed by atoms with Gasteiger partial charge in [-0.3, -0.25) is 9.59 Å². The Hall–Kier alpha value is -1.69. The SMILES string of the molecule is CC[C@H](C(=O)NC1CCCCC1)N(Cc1ccccc1Cl)C(=O)CCSc1ccc(Cl)cc1. The van der Waals surface area contributed by atoms with Gasteiger partial charge in [0.2, 0.25) is 11.8 Å². The van der Waals surface area contributed by atoms with Crippen LogP contribution in [0.1, 0.15) is 57.4 Å². The van der Waals surface area contributed by atoms with Gasteiger partial charge in [0, 0.05) is 39.7 Å². The maximum atomic E-state index is 13.4. The van der Waals surface area contributed by atoms with Crippen LogP contribution in [0.3, 0.4) is 0 Å². The summed E-state index contributed by atoms with van der Waals surface area (Å²) in [5.41, 5.74) is 0.849. The van der Waals surface area contributed by atoms with E-state index in [-0.39, 0.29) is 17.9 Å². The Balaban J connectivity index is 1.70. The molecule has 0 aromatic heterocycles. The highest BCUT2D eigenvalue weighted by atomic mass is 35.5. The van der Waals surface area contributed by atoms with E-state index in [0.29, 0.717) is 35.2 Å². The predicted molar refractivity (Wildman–Crippen MR) is 138 cm³/mol. The number of hydrogen-bond donors (Lipinski definition) is 1. The van der Waals surface area contributed by atoms with Gasteiger partial charge >= 0.3 is 0 Å². The first-order valence-electron chi connectivity index (χ1n) is 11.7. The van der Waals surface area contributed by atoms with E-state index in [1.165, 1.54) is 6.42 Å². The maximum Gasteiger partial charge on any atom is 0.243 e. The average molecular weight is 508 g/mol. The molecular formula is C26H32Cl2N2O2S. The summed E-state index contributed by atoms with van der Waals surface area (Å²) in [4.78, 5) is 29.4. The largest absolute Gasteiger partial charge is 0.352 e. The van der Waals surface area contributed by atoms with Crippen LogP contribution < -0.4 is 5.32 Å². The standard InChI is InChI=1S/C26H32Cl2N2O2S/c1-2-24(26(32)29-21-9-4-3-5-10-21)30(18-19-8-6-7-11-23(19)28)25(31)16-17-33-22-14-12-20(27)13-15-22/h6-8,11-15,21,24H,2-5,9-10,16-18H2,1H3,(H,29,32)/t24-/m1/s1. The minimum absolute atomic E-state index is 0.0398. The Morgan fingerprint density at radius 3 is 2.42 bits per heavy atom. The van der Waals surface area contributed by atoms with E-state index in [9.17, 15) is 9.59 Å². The van der Waals surface area contributed by atoms with Crippen LogP contribution in [0.5, 0.6) is 0 Å². The summed E-state index contributed by atoms with van der Waals surface area (Å²) in [6.45, 7) is 2.28. The third-order valence-corrected chi connectivity index (χ3v) is 7.67. The number of amides is 2. The lowest BCUT2D eigenvalue weighted by Crippen LogP contribution is -2.51. The van der Waals surface area contributed by atoms with E-state index in [4.69, 9.17) is 23.2 Å². The molecule has 0 heterocycles. The van der Waals surface area contributed by atoms with Crippen LogP contribution in [0.2, 0.25) is 10.0 Å². The topological polar surface area (TPSA) is 49.4 Å². The number of hydrogen-bond acceptors (Lipinski definition) is 3. The molecule has 1 fully saturated rings. The Bertz CT molecular complexity index is 917. The second kappa shape index (κ2) is 13.3. The summed E-state index contributed by atoms with van der Waals surface area (Å²) in [5.74, 6) is 0.525. The van der Waals surface area contributed by atoms with Crippen molar-refractivity contribution in [2.45, 2.75) is 75.4 Å². The molecule has 0 spiro atoms. The maximum absolute atomic E-state index is 13.4. The van der Waals surface area contributed by atoms with Crippen LogP contribution in [0.15, 0.2) is 53.4 Å². The summed E-state index contributed by atoms with van der Waals surface area (Å²) in [6.07, 6.45) is 6.44. The van der Waals surface area contributed by atoms with Gasteiger partial charge in [-0.1, -0.05) is 67.6 Å². The molecule has 0 saturated heterocycles. The van der Waals surface area contributed by atoms with E-state index in [2.05, 4.69) is 5.32 Å². The van der Waals surface area contributed by atoms with Gasteiger partial charge in [0.25, 0.3) is 0 Å². The molecule has 3 rings (SSSR count). The second-order valence-electron chi connectivity index (χ2n) is 8.43. The summed E-state index contributed by atoms with van der Waals surface area (Å²) in [7, 11) is 0. The lowest BCUT2D eigenvalue weighted by atomic mass is 9.95. The zero-order valence-corrected chi connectivity index (χ0v) is 21.4. The number of carbonyl (C=O) groups is 2. The molecule has 1 saturated carbocycles. The molecule has 7 heteroatoms. The van der Waals surface area contributed by atoms with Crippen molar-refractivity contribution < 1.29 is 9.59 Å². The minimum Gasteiger partial charge on any atom is -0.352 e. The first-order valence-corrected chi connectivity index (χ1v) is 13.4. The average Bonchev–Trinajstić information content (AvgIpc) is 2.82. The molecule has 4 nitrogen and oxygen atoms in total. The van der Waals surface area contributed by atoms with Gasteiger partial charge in [0.1, 0.15) is 6.04 Å². The molecule has 33 heavy (non-hydrogen) atoms. The van der Waals surface area contributed by atoms with Gasteiger partial charge in [-0.2, -0.15) is 0 Å². The molecular weight excluding hydrogens is 475 g/mol. The zero-order valence-electron chi connectivity index (χ0n) is 19.1.